The molecule has 0 spiro atoms. The number of nitrogens with zero attached hydrogens (tertiary/aromatic N) is 1. The van der Waals surface area contributed by atoms with E-state index in [0.717, 1.165) is 16.0 Å². The first-order chi connectivity index (χ1) is 15.7. The Labute approximate surface area is 200 Å². The van der Waals surface area contributed by atoms with Gasteiger partial charge in [-0.2, -0.15) is 0 Å². The van der Waals surface area contributed by atoms with Crippen molar-refractivity contribution in [1.82, 2.24) is 0 Å². The van der Waals surface area contributed by atoms with Gasteiger partial charge in [0.2, 0.25) is 0 Å². The zero-order chi connectivity index (χ0) is 23.7. The number of anilines is 2. The summed E-state index contributed by atoms with van der Waals surface area (Å²) in [6, 6.07) is 18.2. The van der Waals surface area contributed by atoms with Gasteiger partial charge in [-0.3, -0.25) is 9.59 Å². The molecule has 0 saturated carbocycles. The number of ether oxygens (including phenoxy) is 1. The van der Waals surface area contributed by atoms with Crippen molar-refractivity contribution in [3.8, 4) is 5.75 Å². The van der Waals surface area contributed by atoms with E-state index in [4.69, 9.17) is 27.9 Å². The van der Waals surface area contributed by atoms with Crippen LogP contribution >= 0.6 is 23.2 Å². The molecule has 0 aliphatic carbocycles. The molecule has 3 aromatic carbocycles. The van der Waals surface area contributed by atoms with Gasteiger partial charge in [-0.25, -0.2) is 9.69 Å². The van der Waals surface area contributed by atoms with Crippen LogP contribution in [-0.2, 0) is 9.59 Å². The zero-order valence-electron chi connectivity index (χ0n) is 17.7. The molecule has 8 heteroatoms. The lowest BCUT2D eigenvalue weighted by Crippen LogP contribution is -2.32. The molecule has 4 rings (SSSR count). The molecule has 0 radical (unpaired) electrons. The molecular formula is C25H18Cl2N2O4. The minimum Gasteiger partial charge on any atom is -0.423 e. The molecule has 3 aromatic rings. The molecule has 1 aliphatic heterocycles. The number of hydrogen-bond acceptors (Lipinski definition) is 5. The normalized spacial score (nSPS) is 13.5. The fraction of sp³-hybridized carbons (Fsp3) is 0.0800. The first-order valence-corrected chi connectivity index (χ1v) is 10.7. The highest BCUT2D eigenvalue weighted by Gasteiger charge is 2.39. The summed E-state index contributed by atoms with van der Waals surface area (Å²) >= 11 is 12.1. The summed E-state index contributed by atoms with van der Waals surface area (Å²) in [6.07, 6.45) is 0. The van der Waals surface area contributed by atoms with E-state index >= 15 is 0 Å². The SMILES string of the molecule is Cc1ccc(OC(=O)c2ccc(NC3=C(Cl)C(=O)N(c4cccc(Cl)c4)C3=O)cc2)c(C)c1. The fourth-order valence-corrected chi connectivity index (χ4v) is 3.76. The van der Waals surface area contributed by atoms with Gasteiger partial charge in [0, 0.05) is 10.7 Å². The molecule has 0 aromatic heterocycles. The first-order valence-electron chi connectivity index (χ1n) is 9.95. The van der Waals surface area contributed by atoms with Crippen LogP contribution < -0.4 is 15.0 Å². The molecule has 0 unspecified atom stereocenters. The molecule has 1 aliphatic rings. The Bertz CT molecular complexity index is 1320. The highest BCUT2D eigenvalue weighted by molar-refractivity contribution is 6.53. The number of carbonyl (C=O) groups is 3. The van der Waals surface area contributed by atoms with Crippen LogP contribution in [0.1, 0.15) is 21.5 Å². The van der Waals surface area contributed by atoms with E-state index in [9.17, 15) is 14.4 Å². The van der Waals surface area contributed by atoms with Crippen LogP contribution in [0.5, 0.6) is 5.75 Å². The number of nitrogens with one attached hydrogen (secondary N) is 1. The molecule has 1 heterocycles. The standard InChI is InChI=1S/C25H18Cl2N2O4/c1-14-6-11-20(15(2)12-14)33-25(32)16-7-9-18(10-8-16)28-22-21(27)23(30)29(24(22)31)19-5-3-4-17(26)13-19/h3-13,28H,1-2H3. The number of amides is 2. The molecule has 0 bridgehead atoms. The summed E-state index contributed by atoms with van der Waals surface area (Å²) in [5, 5.41) is 3.01. The highest BCUT2D eigenvalue weighted by Crippen LogP contribution is 2.31. The Morgan fingerprint density at radius 2 is 1.64 bits per heavy atom. The van der Waals surface area contributed by atoms with Crippen molar-refractivity contribution in [2.24, 2.45) is 0 Å². The molecule has 0 saturated heterocycles. The number of halogens is 2. The predicted molar refractivity (Wildman–Crippen MR) is 128 cm³/mol. The fourth-order valence-electron chi connectivity index (χ4n) is 3.37. The van der Waals surface area contributed by atoms with Crippen LogP contribution in [0.2, 0.25) is 5.02 Å². The van der Waals surface area contributed by atoms with Crippen molar-refractivity contribution in [2.45, 2.75) is 13.8 Å². The highest BCUT2D eigenvalue weighted by atomic mass is 35.5. The molecule has 1 N–H and O–H groups in total. The van der Waals surface area contributed by atoms with E-state index in [1.807, 2.05) is 26.0 Å². The van der Waals surface area contributed by atoms with E-state index in [2.05, 4.69) is 5.32 Å². The smallest absolute Gasteiger partial charge is 0.343 e. The van der Waals surface area contributed by atoms with Crippen LogP contribution in [0, 0.1) is 13.8 Å². The van der Waals surface area contributed by atoms with E-state index < -0.39 is 17.8 Å². The summed E-state index contributed by atoms with van der Waals surface area (Å²) in [5.74, 6) is -1.28. The summed E-state index contributed by atoms with van der Waals surface area (Å²) in [5.41, 5.74) is 2.99. The Morgan fingerprint density at radius 3 is 2.30 bits per heavy atom. The Morgan fingerprint density at radius 1 is 0.909 bits per heavy atom. The maximum Gasteiger partial charge on any atom is 0.343 e. The largest absolute Gasteiger partial charge is 0.423 e. The summed E-state index contributed by atoms with van der Waals surface area (Å²) in [7, 11) is 0. The third-order valence-corrected chi connectivity index (χ3v) is 5.60. The molecule has 0 atom stereocenters. The third-order valence-electron chi connectivity index (χ3n) is 5.02. The molecule has 2 amide bonds. The molecule has 6 nitrogen and oxygen atoms in total. The number of imide groups is 1. The van der Waals surface area contributed by atoms with Gasteiger partial charge in [0.15, 0.2) is 0 Å². The zero-order valence-corrected chi connectivity index (χ0v) is 19.2. The lowest BCUT2D eigenvalue weighted by Gasteiger charge is -2.15. The van der Waals surface area contributed by atoms with Crippen LogP contribution in [0.15, 0.2) is 77.5 Å². The lowest BCUT2D eigenvalue weighted by molar-refractivity contribution is -0.120. The Hall–Kier alpha value is -3.61. The third kappa shape index (κ3) is 4.62. The van der Waals surface area contributed by atoms with Gasteiger partial charge in [0.05, 0.1) is 11.3 Å². The predicted octanol–water partition coefficient (Wildman–Crippen LogP) is 5.61. The van der Waals surface area contributed by atoms with Crippen LogP contribution in [0.3, 0.4) is 0 Å². The summed E-state index contributed by atoms with van der Waals surface area (Å²) in [6.45, 7) is 3.83. The van der Waals surface area contributed by atoms with Crippen molar-refractivity contribution in [3.63, 3.8) is 0 Å². The van der Waals surface area contributed by atoms with Gasteiger partial charge >= 0.3 is 5.97 Å². The number of hydrogen-bond donors (Lipinski definition) is 1. The number of benzene rings is 3. The minimum atomic E-state index is -0.653. The number of aryl methyl sites for hydroxylation is 2. The van der Waals surface area contributed by atoms with Crippen molar-refractivity contribution in [2.75, 3.05) is 10.2 Å². The van der Waals surface area contributed by atoms with Gasteiger partial charge in [0.25, 0.3) is 11.8 Å². The first kappa shape index (κ1) is 22.6. The van der Waals surface area contributed by atoms with Gasteiger partial charge in [-0.1, -0.05) is 47.0 Å². The average Bonchev–Trinajstić information content (AvgIpc) is 2.99. The van der Waals surface area contributed by atoms with E-state index in [1.54, 1.807) is 48.5 Å². The Kier molecular flexibility index (Phi) is 6.22. The van der Waals surface area contributed by atoms with Crippen molar-refractivity contribution < 1.29 is 19.1 Å². The maximum absolute atomic E-state index is 12.9. The van der Waals surface area contributed by atoms with Crippen molar-refractivity contribution >= 4 is 52.4 Å². The van der Waals surface area contributed by atoms with Gasteiger partial charge in [-0.05, 0) is 67.9 Å². The second-order valence-corrected chi connectivity index (χ2v) is 8.29. The minimum absolute atomic E-state index is 0.0627. The second kappa shape index (κ2) is 9.10. The molecule has 166 valence electrons. The van der Waals surface area contributed by atoms with Gasteiger partial charge in [0.1, 0.15) is 16.5 Å². The molecule has 0 fully saturated rings. The topological polar surface area (TPSA) is 75.7 Å². The van der Waals surface area contributed by atoms with E-state index in [-0.39, 0.29) is 10.7 Å². The maximum atomic E-state index is 12.9. The summed E-state index contributed by atoms with van der Waals surface area (Å²) in [4.78, 5) is 38.9. The van der Waals surface area contributed by atoms with Gasteiger partial charge < -0.3 is 10.1 Å². The quantitative estimate of drug-likeness (QED) is 0.291. The van der Waals surface area contributed by atoms with Crippen LogP contribution in [-0.4, -0.2) is 17.8 Å². The summed E-state index contributed by atoms with van der Waals surface area (Å²) < 4.78 is 5.47. The second-order valence-electron chi connectivity index (χ2n) is 7.48. The number of rotatable bonds is 5. The van der Waals surface area contributed by atoms with E-state index in [1.165, 1.54) is 6.07 Å². The number of carbonyl (C=O) groups excluding carboxylic acids is 3. The number of esters is 1. The monoisotopic (exact) mass is 480 g/mol. The average molecular weight is 481 g/mol. The van der Waals surface area contributed by atoms with E-state index in [0.29, 0.717) is 27.7 Å². The van der Waals surface area contributed by atoms with Crippen LogP contribution in [0.4, 0.5) is 11.4 Å². The van der Waals surface area contributed by atoms with Crippen LogP contribution in [0.25, 0.3) is 0 Å². The van der Waals surface area contributed by atoms with Crippen molar-refractivity contribution in [1.29, 1.82) is 0 Å². The molecular weight excluding hydrogens is 463 g/mol. The lowest BCUT2D eigenvalue weighted by atomic mass is 10.1. The Balaban J connectivity index is 1.49. The molecule has 33 heavy (non-hydrogen) atoms. The van der Waals surface area contributed by atoms with Gasteiger partial charge in [-0.15, -0.1) is 0 Å². The van der Waals surface area contributed by atoms with Crippen molar-refractivity contribution in [3.05, 3.63) is 99.2 Å².